The van der Waals surface area contributed by atoms with Crippen LogP contribution in [0, 0.1) is 12.8 Å². The van der Waals surface area contributed by atoms with Gasteiger partial charge in [-0.3, -0.25) is 0 Å². The summed E-state index contributed by atoms with van der Waals surface area (Å²) in [5.74, 6) is 0.390. The van der Waals surface area contributed by atoms with Gasteiger partial charge in [0.1, 0.15) is 0 Å². The number of hydrogen-bond donors (Lipinski definition) is 1. The van der Waals surface area contributed by atoms with Gasteiger partial charge < -0.3 is 10.0 Å². The summed E-state index contributed by atoms with van der Waals surface area (Å²) in [6, 6.07) is 0. The highest BCUT2D eigenvalue weighted by Gasteiger charge is 2.22. The largest absolute Gasteiger partial charge is 0.396 e. The van der Waals surface area contributed by atoms with Crippen LogP contribution in [-0.2, 0) is 0 Å². The lowest BCUT2D eigenvalue weighted by Crippen LogP contribution is -2.36. The van der Waals surface area contributed by atoms with Crippen molar-refractivity contribution in [1.29, 1.82) is 0 Å². The van der Waals surface area contributed by atoms with Crippen LogP contribution in [0.25, 0.3) is 4.96 Å². The summed E-state index contributed by atoms with van der Waals surface area (Å²) in [5, 5.41) is 14.8. The maximum absolute atomic E-state index is 9.23. The number of hydrogen-bond acceptors (Lipinski definition) is 5. The number of rotatable bonds is 2. The minimum atomic E-state index is 0.276. The van der Waals surface area contributed by atoms with Crippen LogP contribution < -0.4 is 4.90 Å². The molecule has 92 valence electrons. The van der Waals surface area contributed by atoms with Crippen molar-refractivity contribution in [3.63, 3.8) is 0 Å². The van der Waals surface area contributed by atoms with Crippen LogP contribution in [0.2, 0.25) is 0 Å². The molecule has 1 saturated heterocycles. The molecule has 0 amide bonds. The number of aliphatic hydroxyl groups excluding tert-OH is 1. The van der Waals surface area contributed by atoms with Crippen LogP contribution in [0.15, 0.2) is 6.20 Å². The van der Waals surface area contributed by atoms with Crippen molar-refractivity contribution in [1.82, 2.24) is 14.6 Å². The second kappa shape index (κ2) is 4.27. The zero-order valence-corrected chi connectivity index (χ0v) is 10.7. The summed E-state index contributed by atoms with van der Waals surface area (Å²) in [6.07, 6.45) is 4.20. The molecule has 2 aromatic heterocycles. The van der Waals surface area contributed by atoms with Gasteiger partial charge in [-0.2, -0.15) is 0 Å². The summed E-state index contributed by atoms with van der Waals surface area (Å²) < 4.78 is 1.85. The SMILES string of the molecule is Cc1cn2nc(N3CCC[C@H](CO)C3)sc2n1. The molecule has 1 aliphatic heterocycles. The number of aromatic nitrogens is 3. The van der Waals surface area contributed by atoms with Gasteiger partial charge in [-0.05, 0) is 25.7 Å². The first-order valence-electron chi connectivity index (χ1n) is 5.95. The standard InChI is InChI=1S/C11H16N4OS/c1-8-5-15-10(12-8)17-11(13-15)14-4-2-3-9(6-14)7-16/h5,9,16H,2-4,6-7H2,1H3/t9-/m0/s1. The molecule has 1 N–H and O–H groups in total. The number of imidazole rings is 1. The van der Waals surface area contributed by atoms with Gasteiger partial charge in [0.05, 0.1) is 11.9 Å². The van der Waals surface area contributed by atoms with Crippen LogP contribution in [-0.4, -0.2) is 39.4 Å². The minimum Gasteiger partial charge on any atom is -0.396 e. The first-order chi connectivity index (χ1) is 8.26. The molecule has 0 aromatic carbocycles. The third kappa shape index (κ3) is 2.02. The summed E-state index contributed by atoms with van der Waals surface area (Å²) in [4.78, 5) is 7.62. The molecule has 2 aromatic rings. The van der Waals surface area contributed by atoms with E-state index in [1.807, 2.05) is 17.6 Å². The van der Waals surface area contributed by atoms with E-state index in [1.165, 1.54) is 0 Å². The lowest BCUT2D eigenvalue weighted by Gasteiger charge is -2.31. The van der Waals surface area contributed by atoms with Gasteiger partial charge in [-0.1, -0.05) is 11.3 Å². The molecule has 0 aliphatic carbocycles. The van der Waals surface area contributed by atoms with Crippen LogP contribution in [0.5, 0.6) is 0 Å². The van der Waals surface area contributed by atoms with E-state index in [0.29, 0.717) is 5.92 Å². The summed E-state index contributed by atoms with van der Waals surface area (Å²) in [6.45, 7) is 4.19. The Hall–Kier alpha value is -1.14. The predicted octanol–water partition coefficient (Wildman–Crippen LogP) is 1.31. The van der Waals surface area contributed by atoms with Crippen molar-refractivity contribution < 1.29 is 5.11 Å². The second-order valence-corrected chi connectivity index (χ2v) is 5.57. The average molecular weight is 252 g/mol. The lowest BCUT2D eigenvalue weighted by atomic mass is 10.00. The van der Waals surface area contributed by atoms with Gasteiger partial charge in [-0.25, -0.2) is 9.50 Å². The smallest absolute Gasteiger partial charge is 0.214 e. The Morgan fingerprint density at radius 1 is 1.59 bits per heavy atom. The van der Waals surface area contributed by atoms with Gasteiger partial charge in [0.25, 0.3) is 0 Å². The topological polar surface area (TPSA) is 53.7 Å². The van der Waals surface area contributed by atoms with E-state index < -0.39 is 0 Å². The number of fused-ring (bicyclic) bond motifs is 1. The lowest BCUT2D eigenvalue weighted by molar-refractivity contribution is 0.208. The number of anilines is 1. The molecule has 0 saturated carbocycles. The van der Waals surface area contributed by atoms with E-state index >= 15 is 0 Å². The predicted molar refractivity (Wildman–Crippen MR) is 67.6 cm³/mol. The Labute approximate surface area is 104 Å². The normalized spacial score (nSPS) is 21.3. The van der Waals surface area contributed by atoms with Crippen LogP contribution in [0.3, 0.4) is 0 Å². The number of aryl methyl sites for hydroxylation is 1. The number of nitrogens with zero attached hydrogens (tertiary/aromatic N) is 4. The first-order valence-corrected chi connectivity index (χ1v) is 6.76. The van der Waals surface area contributed by atoms with E-state index in [1.54, 1.807) is 11.3 Å². The van der Waals surface area contributed by atoms with Crippen molar-refractivity contribution in [2.24, 2.45) is 5.92 Å². The van der Waals surface area contributed by atoms with E-state index in [0.717, 1.165) is 41.7 Å². The number of piperidine rings is 1. The Kier molecular flexibility index (Phi) is 2.76. The Morgan fingerprint density at radius 3 is 3.24 bits per heavy atom. The molecule has 17 heavy (non-hydrogen) atoms. The van der Waals surface area contributed by atoms with Gasteiger partial charge >= 0.3 is 0 Å². The maximum atomic E-state index is 9.23. The molecule has 5 nitrogen and oxygen atoms in total. The van der Waals surface area contributed by atoms with Crippen molar-refractivity contribution in [3.8, 4) is 0 Å². The third-order valence-corrected chi connectivity index (χ3v) is 4.18. The molecule has 1 aliphatic rings. The third-order valence-electron chi connectivity index (χ3n) is 3.20. The maximum Gasteiger partial charge on any atom is 0.214 e. The van der Waals surface area contributed by atoms with Crippen molar-refractivity contribution >= 4 is 21.4 Å². The zero-order chi connectivity index (χ0) is 11.8. The van der Waals surface area contributed by atoms with E-state index in [2.05, 4.69) is 15.0 Å². The zero-order valence-electron chi connectivity index (χ0n) is 9.83. The van der Waals surface area contributed by atoms with Crippen LogP contribution in [0.4, 0.5) is 5.13 Å². The van der Waals surface area contributed by atoms with Crippen molar-refractivity contribution in [2.45, 2.75) is 19.8 Å². The van der Waals surface area contributed by atoms with Gasteiger partial charge in [-0.15, -0.1) is 5.10 Å². The molecular formula is C11H16N4OS. The van der Waals surface area contributed by atoms with Crippen molar-refractivity contribution in [2.75, 3.05) is 24.6 Å². The molecule has 0 unspecified atom stereocenters. The molecule has 0 spiro atoms. The first kappa shape index (κ1) is 11.0. The molecule has 1 atom stereocenters. The molecule has 3 heterocycles. The average Bonchev–Trinajstić information content (AvgIpc) is 2.86. The molecule has 3 rings (SSSR count). The van der Waals surface area contributed by atoms with Gasteiger partial charge in [0.15, 0.2) is 0 Å². The Balaban J connectivity index is 1.84. The van der Waals surface area contributed by atoms with Gasteiger partial charge in [0, 0.05) is 19.7 Å². The second-order valence-electron chi connectivity index (χ2n) is 4.63. The molecule has 6 heteroatoms. The van der Waals surface area contributed by atoms with Crippen LogP contribution >= 0.6 is 11.3 Å². The van der Waals surface area contributed by atoms with E-state index in [-0.39, 0.29) is 6.61 Å². The highest BCUT2D eigenvalue weighted by Crippen LogP contribution is 2.27. The summed E-state index contributed by atoms with van der Waals surface area (Å²) >= 11 is 1.62. The quantitative estimate of drug-likeness (QED) is 0.875. The monoisotopic (exact) mass is 252 g/mol. The van der Waals surface area contributed by atoms with E-state index in [4.69, 9.17) is 0 Å². The minimum absolute atomic E-state index is 0.276. The molecule has 1 fully saturated rings. The van der Waals surface area contributed by atoms with Crippen molar-refractivity contribution in [3.05, 3.63) is 11.9 Å². The highest BCUT2D eigenvalue weighted by molar-refractivity contribution is 7.20. The van der Waals surface area contributed by atoms with E-state index in [9.17, 15) is 5.11 Å². The summed E-state index contributed by atoms with van der Waals surface area (Å²) in [5.41, 5.74) is 1.00. The summed E-state index contributed by atoms with van der Waals surface area (Å²) in [7, 11) is 0. The number of aliphatic hydroxyl groups is 1. The fourth-order valence-corrected chi connectivity index (χ4v) is 3.28. The molecular weight excluding hydrogens is 236 g/mol. The van der Waals surface area contributed by atoms with Crippen LogP contribution in [0.1, 0.15) is 18.5 Å². The van der Waals surface area contributed by atoms with Gasteiger partial charge in [0.2, 0.25) is 10.1 Å². The Bertz CT molecular complexity index is 489. The molecule has 0 radical (unpaired) electrons. The molecule has 0 bridgehead atoms. The fraction of sp³-hybridized carbons (Fsp3) is 0.636. The fourth-order valence-electron chi connectivity index (χ4n) is 2.31. The Morgan fingerprint density at radius 2 is 2.47 bits per heavy atom. The highest BCUT2D eigenvalue weighted by atomic mass is 32.1.